The van der Waals surface area contributed by atoms with Gasteiger partial charge in [0.1, 0.15) is 0 Å². The second kappa shape index (κ2) is 3.54. The molecule has 0 aliphatic carbocycles. The van der Waals surface area contributed by atoms with Gasteiger partial charge in [-0.15, -0.1) is 0 Å². The van der Waals surface area contributed by atoms with E-state index in [4.69, 9.17) is 11.0 Å². The first-order valence-corrected chi connectivity index (χ1v) is 4.22. The molecule has 1 rings (SSSR count). The van der Waals surface area contributed by atoms with Crippen LogP contribution in [0.4, 0.5) is 0 Å². The predicted octanol–water partition coefficient (Wildman–Crippen LogP) is 1.26. The van der Waals surface area contributed by atoms with E-state index >= 15 is 0 Å². The largest absolute Gasteiger partial charge is 0.366 e. The lowest BCUT2D eigenvalue weighted by Gasteiger charge is -1.96. The number of hydrogen-bond donors (Lipinski definition) is 1. The summed E-state index contributed by atoms with van der Waals surface area (Å²) in [5.41, 5.74) is 5.88. The fourth-order valence-electron chi connectivity index (χ4n) is 0.796. The van der Waals surface area contributed by atoms with Gasteiger partial charge in [-0.2, -0.15) is 5.26 Å². The quantitative estimate of drug-likeness (QED) is 0.782. The Morgan fingerprint density at radius 1 is 1.50 bits per heavy atom. The zero-order valence-corrected chi connectivity index (χ0v) is 8.20. The Morgan fingerprint density at radius 3 is 2.67 bits per heavy atom. The standard InChI is InChI=1S/C8H5IN2O/c9-7-2-5(4-10)1-6(3-7)8(11)12/h1-3H,(H2,11,12). The van der Waals surface area contributed by atoms with Gasteiger partial charge in [-0.1, -0.05) is 0 Å². The van der Waals surface area contributed by atoms with Crippen LogP contribution in [-0.2, 0) is 0 Å². The number of nitrogens with two attached hydrogens (primary N) is 1. The van der Waals surface area contributed by atoms with Crippen molar-refractivity contribution in [1.29, 1.82) is 5.26 Å². The number of primary amides is 1. The van der Waals surface area contributed by atoms with Gasteiger partial charge in [0.2, 0.25) is 5.91 Å². The summed E-state index contributed by atoms with van der Waals surface area (Å²) in [6, 6.07) is 6.76. The van der Waals surface area contributed by atoms with E-state index in [-0.39, 0.29) is 0 Å². The van der Waals surface area contributed by atoms with Crippen molar-refractivity contribution in [3.8, 4) is 6.07 Å². The molecule has 60 valence electrons. The van der Waals surface area contributed by atoms with Crippen molar-refractivity contribution in [2.24, 2.45) is 5.73 Å². The van der Waals surface area contributed by atoms with Crippen molar-refractivity contribution in [2.45, 2.75) is 0 Å². The highest BCUT2D eigenvalue weighted by atomic mass is 127. The molecule has 0 bridgehead atoms. The van der Waals surface area contributed by atoms with Crippen LogP contribution in [0.25, 0.3) is 0 Å². The zero-order chi connectivity index (χ0) is 9.14. The molecule has 0 fully saturated rings. The fraction of sp³-hybridized carbons (Fsp3) is 0. The minimum atomic E-state index is -0.509. The van der Waals surface area contributed by atoms with Crippen molar-refractivity contribution in [2.75, 3.05) is 0 Å². The van der Waals surface area contributed by atoms with Crippen LogP contribution < -0.4 is 5.73 Å². The second-order valence-electron chi connectivity index (χ2n) is 2.20. The van der Waals surface area contributed by atoms with Crippen molar-refractivity contribution in [3.63, 3.8) is 0 Å². The van der Waals surface area contributed by atoms with Crippen molar-refractivity contribution in [1.82, 2.24) is 0 Å². The number of carbonyl (C=O) groups excluding carboxylic acids is 1. The Balaban J connectivity index is 3.26. The summed E-state index contributed by atoms with van der Waals surface area (Å²) in [4.78, 5) is 10.7. The van der Waals surface area contributed by atoms with Gasteiger partial charge in [0.05, 0.1) is 11.6 Å². The molecule has 4 heteroatoms. The molecule has 0 radical (unpaired) electrons. The minimum absolute atomic E-state index is 0.374. The Morgan fingerprint density at radius 2 is 2.17 bits per heavy atom. The van der Waals surface area contributed by atoms with Gasteiger partial charge in [-0.3, -0.25) is 4.79 Å². The maximum Gasteiger partial charge on any atom is 0.248 e. The highest BCUT2D eigenvalue weighted by Gasteiger charge is 2.02. The molecular formula is C8H5IN2O. The van der Waals surface area contributed by atoms with Crippen LogP contribution in [0.1, 0.15) is 15.9 Å². The van der Waals surface area contributed by atoms with Crippen LogP contribution in [0, 0.1) is 14.9 Å². The molecule has 1 aromatic rings. The van der Waals surface area contributed by atoms with E-state index in [1.54, 1.807) is 12.1 Å². The molecule has 0 heterocycles. The van der Waals surface area contributed by atoms with Gasteiger partial charge < -0.3 is 5.73 Å². The van der Waals surface area contributed by atoms with Gasteiger partial charge in [0.25, 0.3) is 0 Å². The molecular weight excluding hydrogens is 267 g/mol. The number of benzene rings is 1. The smallest absolute Gasteiger partial charge is 0.248 e. The van der Waals surface area contributed by atoms with Crippen LogP contribution >= 0.6 is 22.6 Å². The Hall–Kier alpha value is -1.09. The van der Waals surface area contributed by atoms with E-state index in [1.165, 1.54) is 6.07 Å². The molecule has 12 heavy (non-hydrogen) atoms. The summed E-state index contributed by atoms with van der Waals surface area (Å²) < 4.78 is 0.834. The third kappa shape index (κ3) is 1.95. The molecule has 0 atom stereocenters. The summed E-state index contributed by atoms with van der Waals surface area (Å²) in [5.74, 6) is -0.509. The van der Waals surface area contributed by atoms with E-state index < -0.39 is 5.91 Å². The van der Waals surface area contributed by atoms with E-state index in [9.17, 15) is 4.79 Å². The lowest BCUT2D eigenvalue weighted by Crippen LogP contribution is -2.11. The number of amides is 1. The van der Waals surface area contributed by atoms with Gasteiger partial charge in [0.15, 0.2) is 0 Å². The van der Waals surface area contributed by atoms with E-state index in [2.05, 4.69) is 0 Å². The molecule has 2 N–H and O–H groups in total. The third-order valence-corrected chi connectivity index (χ3v) is 1.93. The summed E-state index contributed by atoms with van der Waals surface area (Å²) in [6.07, 6.45) is 0. The molecule has 1 amide bonds. The number of nitrogens with zero attached hydrogens (tertiary/aromatic N) is 1. The van der Waals surface area contributed by atoms with Gasteiger partial charge in [0, 0.05) is 9.13 Å². The number of halogens is 1. The highest BCUT2D eigenvalue weighted by molar-refractivity contribution is 14.1. The lowest BCUT2D eigenvalue weighted by atomic mass is 10.1. The predicted molar refractivity (Wildman–Crippen MR) is 52.4 cm³/mol. The second-order valence-corrected chi connectivity index (χ2v) is 3.45. The Bertz CT molecular complexity index is 368. The fourth-order valence-corrected chi connectivity index (χ4v) is 1.47. The average molecular weight is 272 g/mol. The van der Waals surface area contributed by atoms with Crippen LogP contribution in [0.15, 0.2) is 18.2 Å². The van der Waals surface area contributed by atoms with Gasteiger partial charge in [-0.25, -0.2) is 0 Å². The molecule has 0 aromatic heterocycles. The maximum atomic E-state index is 10.7. The normalized spacial score (nSPS) is 9.00. The summed E-state index contributed by atoms with van der Waals surface area (Å²) >= 11 is 2.03. The van der Waals surface area contributed by atoms with E-state index in [0.717, 1.165) is 3.57 Å². The summed E-state index contributed by atoms with van der Waals surface area (Å²) in [5, 5.41) is 8.56. The Kier molecular flexibility index (Phi) is 2.65. The summed E-state index contributed by atoms with van der Waals surface area (Å²) in [6.45, 7) is 0. The van der Waals surface area contributed by atoms with E-state index in [1.807, 2.05) is 28.7 Å². The molecule has 3 nitrogen and oxygen atoms in total. The van der Waals surface area contributed by atoms with Crippen LogP contribution in [0.2, 0.25) is 0 Å². The summed E-state index contributed by atoms with van der Waals surface area (Å²) in [7, 11) is 0. The molecule has 0 aliphatic rings. The van der Waals surface area contributed by atoms with E-state index in [0.29, 0.717) is 11.1 Å². The van der Waals surface area contributed by atoms with Crippen molar-refractivity contribution >= 4 is 28.5 Å². The molecule has 1 aromatic carbocycles. The topological polar surface area (TPSA) is 66.9 Å². The molecule has 0 unspecified atom stereocenters. The lowest BCUT2D eigenvalue weighted by molar-refractivity contribution is 0.1000. The maximum absolute atomic E-state index is 10.7. The average Bonchev–Trinajstić information content (AvgIpc) is 2.03. The van der Waals surface area contributed by atoms with Gasteiger partial charge in [-0.05, 0) is 40.8 Å². The Labute approximate surface area is 83.3 Å². The monoisotopic (exact) mass is 272 g/mol. The molecule has 0 saturated carbocycles. The number of carbonyl (C=O) groups is 1. The molecule has 0 spiro atoms. The van der Waals surface area contributed by atoms with Gasteiger partial charge >= 0.3 is 0 Å². The number of rotatable bonds is 1. The number of nitriles is 1. The van der Waals surface area contributed by atoms with Crippen LogP contribution in [0.5, 0.6) is 0 Å². The first-order chi connectivity index (χ1) is 5.63. The van der Waals surface area contributed by atoms with Crippen molar-refractivity contribution in [3.05, 3.63) is 32.9 Å². The van der Waals surface area contributed by atoms with Crippen molar-refractivity contribution < 1.29 is 4.79 Å². The van der Waals surface area contributed by atoms with Crippen LogP contribution in [-0.4, -0.2) is 5.91 Å². The van der Waals surface area contributed by atoms with Crippen LogP contribution in [0.3, 0.4) is 0 Å². The first kappa shape index (κ1) is 9.00. The number of hydrogen-bond acceptors (Lipinski definition) is 2. The zero-order valence-electron chi connectivity index (χ0n) is 6.04. The third-order valence-electron chi connectivity index (χ3n) is 1.31. The SMILES string of the molecule is N#Cc1cc(I)cc(C(N)=O)c1. The highest BCUT2D eigenvalue weighted by Crippen LogP contribution is 2.11. The molecule has 0 aliphatic heterocycles. The minimum Gasteiger partial charge on any atom is -0.366 e. The molecule has 0 saturated heterocycles. The first-order valence-electron chi connectivity index (χ1n) is 3.14.